The zero-order chi connectivity index (χ0) is 16.1. The zero-order valence-corrected chi connectivity index (χ0v) is 13.3. The number of carbonyl (C=O) groups is 1. The molecule has 4 heteroatoms. The maximum absolute atomic E-state index is 12.8. The predicted octanol–water partition coefficient (Wildman–Crippen LogP) is 4.05. The third-order valence-electron chi connectivity index (χ3n) is 3.70. The van der Waals surface area contributed by atoms with E-state index in [4.69, 9.17) is 11.6 Å². The van der Waals surface area contributed by atoms with Crippen LogP contribution in [0.25, 0.3) is 0 Å². The molecule has 0 aliphatic heterocycles. The van der Waals surface area contributed by atoms with Crippen molar-refractivity contribution in [1.29, 1.82) is 0 Å². The number of amides is 1. The molecule has 2 aromatic carbocycles. The standard InChI is InChI=1S/C19H17ClN2O/c20-17-11-5-4-10-16(17)14-21-19(23)18(22-12-6-7-13-22)15-8-2-1-3-9-15/h1-13,18H,14H2,(H,21,23)/t18-/m1/s1. The lowest BCUT2D eigenvalue weighted by Crippen LogP contribution is -2.32. The van der Waals surface area contributed by atoms with Gasteiger partial charge in [0.1, 0.15) is 6.04 Å². The number of nitrogens with zero attached hydrogens (tertiary/aromatic N) is 1. The Morgan fingerprint density at radius 1 is 0.957 bits per heavy atom. The van der Waals surface area contributed by atoms with Gasteiger partial charge in [-0.2, -0.15) is 0 Å². The number of aromatic nitrogens is 1. The first-order chi connectivity index (χ1) is 11.3. The monoisotopic (exact) mass is 324 g/mol. The van der Waals surface area contributed by atoms with Crippen molar-refractivity contribution in [3.05, 3.63) is 95.3 Å². The fourth-order valence-corrected chi connectivity index (χ4v) is 2.74. The first-order valence-electron chi connectivity index (χ1n) is 7.44. The summed E-state index contributed by atoms with van der Waals surface area (Å²) in [5.41, 5.74) is 1.85. The Hall–Kier alpha value is -2.52. The van der Waals surface area contributed by atoms with Gasteiger partial charge in [-0.1, -0.05) is 60.1 Å². The van der Waals surface area contributed by atoms with Crippen molar-refractivity contribution in [2.75, 3.05) is 0 Å². The molecule has 1 atom stereocenters. The predicted molar refractivity (Wildman–Crippen MR) is 92.3 cm³/mol. The van der Waals surface area contributed by atoms with E-state index in [9.17, 15) is 4.79 Å². The average molecular weight is 325 g/mol. The van der Waals surface area contributed by atoms with Crippen LogP contribution in [-0.4, -0.2) is 10.5 Å². The second-order valence-corrected chi connectivity index (χ2v) is 5.66. The van der Waals surface area contributed by atoms with Crippen LogP contribution < -0.4 is 5.32 Å². The van der Waals surface area contributed by atoms with Crippen LogP contribution in [-0.2, 0) is 11.3 Å². The summed E-state index contributed by atoms with van der Waals surface area (Å²) < 4.78 is 1.90. The van der Waals surface area contributed by atoms with Crippen LogP contribution in [0.5, 0.6) is 0 Å². The molecular weight excluding hydrogens is 308 g/mol. The topological polar surface area (TPSA) is 34.0 Å². The lowest BCUT2D eigenvalue weighted by Gasteiger charge is -2.19. The van der Waals surface area contributed by atoms with Crippen LogP contribution in [0.1, 0.15) is 17.2 Å². The van der Waals surface area contributed by atoms with Crippen LogP contribution in [0.15, 0.2) is 79.1 Å². The summed E-state index contributed by atoms with van der Waals surface area (Å²) in [4.78, 5) is 12.8. The zero-order valence-electron chi connectivity index (χ0n) is 12.5. The first kappa shape index (κ1) is 15.4. The summed E-state index contributed by atoms with van der Waals surface area (Å²) >= 11 is 6.15. The Morgan fingerprint density at radius 3 is 2.30 bits per heavy atom. The number of carbonyl (C=O) groups excluding carboxylic acids is 1. The van der Waals surface area contributed by atoms with Gasteiger partial charge in [0.2, 0.25) is 5.91 Å². The van der Waals surface area contributed by atoms with E-state index in [2.05, 4.69) is 5.32 Å². The molecule has 0 aliphatic carbocycles. The fraction of sp³-hybridized carbons (Fsp3) is 0.105. The van der Waals surface area contributed by atoms with Gasteiger partial charge in [-0.05, 0) is 29.3 Å². The molecule has 0 bridgehead atoms. The van der Waals surface area contributed by atoms with Gasteiger partial charge in [0, 0.05) is 24.0 Å². The highest BCUT2D eigenvalue weighted by atomic mass is 35.5. The van der Waals surface area contributed by atoms with E-state index in [1.165, 1.54) is 0 Å². The van der Waals surface area contributed by atoms with Crippen LogP contribution in [0.4, 0.5) is 0 Å². The Morgan fingerprint density at radius 2 is 1.61 bits per heavy atom. The maximum Gasteiger partial charge on any atom is 0.247 e. The van der Waals surface area contributed by atoms with Crippen LogP contribution in [0, 0.1) is 0 Å². The van der Waals surface area contributed by atoms with Crippen molar-refractivity contribution in [3.63, 3.8) is 0 Å². The van der Waals surface area contributed by atoms with Gasteiger partial charge in [-0.15, -0.1) is 0 Å². The summed E-state index contributed by atoms with van der Waals surface area (Å²) in [7, 11) is 0. The van der Waals surface area contributed by atoms with E-state index in [1.54, 1.807) is 0 Å². The lowest BCUT2D eigenvalue weighted by molar-refractivity contribution is -0.123. The smallest absolute Gasteiger partial charge is 0.247 e. The van der Waals surface area contributed by atoms with E-state index in [0.717, 1.165) is 11.1 Å². The van der Waals surface area contributed by atoms with Gasteiger partial charge >= 0.3 is 0 Å². The van der Waals surface area contributed by atoms with Crippen LogP contribution >= 0.6 is 11.6 Å². The number of halogens is 1. The molecule has 0 spiro atoms. The van der Waals surface area contributed by atoms with Crippen molar-refractivity contribution < 1.29 is 4.79 Å². The Kier molecular flexibility index (Phi) is 4.79. The van der Waals surface area contributed by atoms with Crippen molar-refractivity contribution in [2.24, 2.45) is 0 Å². The molecular formula is C19H17ClN2O. The number of hydrogen-bond donors (Lipinski definition) is 1. The fourth-order valence-electron chi connectivity index (χ4n) is 2.53. The van der Waals surface area contributed by atoms with E-state index in [0.29, 0.717) is 11.6 Å². The molecule has 0 unspecified atom stereocenters. The highest BCUT2D eigenvalue weighted by Gasteiger charge is 2.21. The highest BCUT2D eigenvalue weighted by Crippen LogP contribution is 2.20. The number of nitrogens with one attached hydrogen (secondary N) is 1. The van der Waals surface area contributed by atoms with Gasteiger partial charge in [-0.25, -0.2) is 0 Å². The summed E-state index contributed by atoms with van der Waals surface area (Å²) in [5.74, 6) is -0.0627. The molecule has 1 heterocycles. The quantitative estimate of drug-likeness (QED) is 0.755. The van der Waals surface area contributed by atoms with E-state index < -0.39 is 6.04 Å². The summed E-state index contributed by atoms with van der Waals surface area (Å²) in [6.45, 7) is 0.406. The van der Waals surface area contributed by atoms with E-state index >= 15 is 0 Å². The van der Waals surface area contributed by atoms with E-state index in [-0.39, 0.29) is 5.91 Å². The molecule has 0 fully saturated rings. The van der Waals surface area contributed by atoms with Crippen LogP contribution in [0.2, 0.25) is 5.02 Å². The molecule has 23 heavy (non-hydrogen) atoms. The Balaban J connectivity index is 1.80. The third-order valence-corrected chi connectivity index (χ3v) is 4.07. The molecule has 0 saturated heterocycles. The summed E-state index contributed by atoms with van der Waals surface area (Å²) in [5, 5.41) is 3.64. The maximum atomic E-state index is 12.8. The van der Waals surface area contributed by atoms with E-state index in [1.807, 2.05) is 83.7 Å². The molecule has 0 aliphatic rings. The summed E-state index contributed by atoms with van der Waals surface area (Å²) in [6.07, 6.45) is 3.79. The first-order valence-corrected chi connectivity index (χ1v) is 7.82. The SMILES string of the molecule is O=C(NCc1ccccc1Cl)[C@@H](c1ccccc1)n1cccc1. The van der Waals surface area contributed by atoms with Crippen molar-refractivity contribution in [3.8, 4) is 0 Å². The molecule has 0 saturated carbocycles. The van der Waals surface area contributed by atoms with Gasteiger partial charge in [0.15, 0.2) is 0 Å². The third kappa shape index (κ3) is 3.63. The minimum absolute atomic E-state index is 0.0627. The van der Waals surface area contributed by atoms with Gasteiger partial charge < -0.3 is 9.88 Å². The molecule has 3 rings (SSSR count). The minimum atomic E-state index is -0.395. The molecule has 1 N–H and O–H groups in total. The Labute approximate surface area is 140 Å². The number of hydrogen-bond acceptors (Lipinski definition) is 1. The second-order valence-electron chi connectivity index (χ2n) is 5.25. The molecule has 3 aromatic rings. The normalized spacial score (nSPS) is 11.9. The number of rotatable bonds is 5. The minimum Gasteiger partial charge on any atom is -0.350 e. The lowest BCUT2D eigenvalue weighted by atomic mass is 10.1. The van der Waals surface area contributed by atoms with Gasteiger partial charge in [-0.3, -0.25) is 4.79 Å². The highest BCUT2D eigenvalue weighted by molar-refractivity contribution is 6.31. The average Bonchev–Trinajstić information content (AvgIpc) is 3.09. The second kappa shape index (κ2) is 7.16. The van der Waals surface area contributed by atoms with Crippen molar-refractivity contribution >= 4 is 17.5 Å². The van der Waals surface area contributed by atoms with Crippen molar-refractivity contribution in [2.45, 2.75) is 12.6 Å². The van der Waals surface area contributed by atoms with Gasteiger partial charge in [0.05, 0.1) is 0 Å². The molecule has 3 nitrogen and oxygen atoms in total. The Bertz CT molecular complexity index is 769. The van der Waals surface area contributed by atoms with Crippen molar-refractivity contribution in [1.82, 2.24) is 9.88 Å². The summed E-state index contributed by atoms with van der Waals surface area (Å²) in [6, 6.07) is 20.7. The molecule has 1 aromatic heterocycles. The largest absolute Gasteiger partial charge is 0.350 e. The molecule has 1 amide bonds. The van der Waals surface area contributed by atoms with Gasteiger partial charge in [0.25, 0.3) is 0 Å². The molecule has 0 radical (unpaired) electrons. The van der Waals surface area contributed by atoms with Crippen LogP contribution in [0.3, 0.4) is 0 Å². The molecule has 116 valence electrons. The number of benzene rings is 2.